The summed E-state index contributed by atoms with van der Waals surface area (Å²) in [5.74, 6) is 1.09. The highest BCUT2D eigenvalue weighted by atomic mass is 32.2. The lowest BCUT2D eigenvalue weighted by Crippen LogP contribution is -2.03. The van der Waals surface area contributed by atoms with E-state index in [1.807, 2.05) is 62.4 Å². The average molecular weight is 340 g/mol. The summed E-state index contributed by atoms with van der Waals surface area (Å²) < 4.78 is 25.1. The van der Waals surface area contributed by atoms with Crippen molar-refractivity contribution >= 4 is 9.84 Å². The van der Waals surface area contributed by atoms with Gasteiger partial charge in [0.1, 0.15) is 5.82 Å². The number of H-pyrrole nitrogens is 1. The van der Waals surface area contributed by atoms with Crippen molar-refractivity contribution in [2.45, 2.75) is 24.7 Å². The van der Waals surface area contributed by atoms with Gasteiger partial charge in [-0.05, 0) is 5.56 Å². The monoisotopic (exact) mass is 340 g/mol. The molecule has 0 saturated heterocycles. The zero-order chi connectivity index (χ0) is 17.3. The van der Waals surface area contributed by atoms with E-state index in [4.69, 9.17) is 0 Å². The van der Waals surface area contributed by atoms with Crippen LogP contribution in [-0.4, -0.2) is 24.6 Å². The van der Waals surface area contributed by atoms with Crippen LogP contribution >= 0.6 is 0 Å². The lowest BCUT2D eigenvalue weighted by molar-refractivity contribution is 0.602. The first-order valence-electron chi connectivity index (χ1n) is 7.81. The number of aromatic nitrogens is 2. The molecule has 0 radical (unpaired) electrons. The molecule has 1 aromatic heterocycles. The van der Waals surface area contributed by atoms with Gasteiger partial charge in [-0.1, -0.05) is 62.4 Å². The predicted molar refractivity (Wildman–Crippen MR) is 96.7 cm³/mol. The summed E-state index contributed by atoms with van der Waals surface area (Å²) in [4.78, 5) is 7.94. The Balaban J connectivity index is 2.27. The molecular formula is C19H20N2O2S. The molecule has 0 saturated carbocycles. The Hall–Kier alpha value is -2.40. The Morgan fingerprint density at radius 2 is 1.62 bits per heavy atom. The van der Waals surface area contributed by atoms with Crippen molar-refractivity contribution < 1.29 is 8.42 Å². The Labute approximate surface area is 142 Å². The number of rotatable bonds is 4. The summed E-state index contributed by atoms with van der Waals surface area (Å²) in [6, 6.07) is 15.1. The van der Waals surface area contributed by atoms with E-state index >= 15 is 0 Å². The van der Waals surface area contributed by atoms with E-state index in [1.54, 1.807) is 6.20 Å². The lowest BCUT2D eigenvalue weighted by atomic mass is 10.0. The van der Waals surface area contributed by atoms with Crippen LogP contribution in [0.25, 0.3) is 22.4 Å². The van der Waals surface area contributed by atoms with Gasteiger partial charge in [0, 0.05) is 23.3 Å². The molecular weight excluding hydrogens is 320 g/mol. The molecule has 3 rings (SSSR count). The molecule has 24 heavy (non-hydrogen) atoms. The van der Waals surface area contributed by atoms with Gasteiger partial charge in [0.05, 0.1) is 16.8 Å². The molecule has 0 amide bonds. The van der Waals surface area contributed by atoms with Crippen molar-refractivity contribution in [3.05, 3.63) is 60.6 Å². The number of hydrogen-bond acceptors (Lipinski definition) is 3. The van der Waals surface area contributed by atoms with Crippen molar-refractivity contribution in [3.63, 3.8) is 0 Å². The standard InChI is InChI=1S/C19H20N2O2S/c1-13(2)19-20-12-17(21-19)16-11-7-10-15(18(16)24(3,22)23)14-8-5-4-6-9-14/h4-13H,1-3H3,(H,20,21). The van der Waals surface area contributed by atoms with Crippen molar-refractivity contribution in [1.29, 1.82) is 0 Å². The third-order valence-electron chi connectivity index (χ3n) is 3.90. The zero-order valence-corrected chi connectivity index (χ0v) is 14.8. The zero-order valence-electron chi connectivity index (χ0n) is 13.9. The van der Waals surface area contributed by atoms with Crippen molar-refractivity contribution in [2.75, 3.05) is 6.26 Å². The summed E-state index contributed by atoms with van der Waals surface area (Å²) in [6.45, 7) is 4.08. The molecule has 0 aliphatic rings. The SMILES string of the molecule is CC(C)c1ncc(-c2cccc(-c3ccccc3)c2S(C)(=O)=O)[nH]1. The van der Waals surface area contributed by atoms with Crippen molar-refractivity contribution in [1.82, 2.24) is 9.97 Å². The minimum atomic E-state index is -3.42. The Bertz CT molecular complexity index is 958. The molecule has 0 spiro atoms. The average Bonchev–Trinajstić information content (AvgIpc) is 3.04. The number of hydrogen-bond donors (Lipinski definition) is 1. The Kier molecular flexibility index (Phi) is 4.28. The summed E-state index contributed by atoms with van der Waals surface area (Å²) in [5.41, 5.74) is 2.95. The van der Waals surface area contributed by atoms with Crippen LogP contribution in [0.3, 0.4) is 0 Å². The van der Waals surface area contributed by atoms with Gasteiger partial charge in [0.2, 0.25) is 0 Å². The van der Waals surface area contributed by atoms with Gasteiger partial charge in [-0.3, -0.25) is 0 Å². The van der Waals surface area contributed by atoms with E-state index in [1.165, 1.54) is 6.26 Å². The fraction of sp³-hybridized carbons (Fsp3) is 0.211. The molecule has 1 N–H and O–H groups in total. The quantitative estimate of drug-likeness (QED) is 0.771. The van der Waals surface area contributed by atoms with Crippen LogP contribution < -0.4 is 0 Å². The fourth-order valence-corrected chi connectivity index (χ4v) is 3.92. The van der Waals surface area contributed by atoms with E-state index in [2.05, 4.69) is 9.97 Å². The summed E-state index contributed by atoms with van der Waals surface area (Å²) in [5, 5.41) is 0. The Morgan fingerprint density at radius 3 is 2.21 bits per heavy atom. The molecule has 0 aliphatic heterocycles. The van der Waals surface area contributed by atoms with E-state index in [0.717, 1.165) is 17.1 Å². The summed E-state index contributed by atoms with van der Waals surface area (Å²) in [6.07, 6.45) is 2.95. The van der Waals surface area contributed by atoms with Gasteiger partial charge >= 0.3 is 0 Å². The molecule has 0 atom stereocenters. The number of nitrogens with zero attached hydrogens (tertiary/aromatic N) is 1. The maximum absolute atomic E-state index is 12.5. The van der Waals surface area contributed by atoms with E-state index < -0.39 is 9.84 Å². The van der Waals surface area contributed by atoms with Crippen LogP contribution in [-0.2, 0) is 9.84 Å². The van der Waals surface area contributed by atoms with Gasteiger partial charge in [0.25, 0.3) is 0 Å². The molecule has 4 nitrogen and oxygen atoms in total. The molecule has 124 valence electrons. The predicted octanol–water partition coefficient (Wildman–Crippen LogP) is 4.27. The van der Waals surface area contributed by atoms with Crippen molar-refractivity contribution in [3.8, 4) is 22.4 Å². The second-order valence-corrected chi connectivity index (χ2v) is 8.11. The molecule has 1 heterocycles. The highest BCUT2D eigenvalue weighted by Crippen LogP contribution is 2.35. The minimum absolute atomic E-state index is 0.248. The first-order valence-corrected chi connectivity index (χ1v) is 9.71. The number of sulfone groups is 1. The number of benzene rings is 2. The van der Waals surface area contributed by atoms with Gasteiger partial charge in [-0.2, -0.15) is 0 Å². The molecule has 0 fully saturated rings. The molecule has 0 bridgehead atoms. The van der Waals surface area contributed by atoms with Crippen LogP contribution in [0.15, 0.2) is 59.6 Å². The van der Waals surface area contributed by atoms with Crippen LogP contribution in [0.5, 0.6) is 0 Å². The second kappa shape index (κ2) is 6.24. The third-order valence-corrected chi connectivity index (χ3v) is 5.08. The Morgan fingerprint density at radius 1 is 0.958 bits per heavy atom. The van der Waals surface area contributed by atoms with E-state index in [9.17, 15) is 8.42 Å². The normalized spacial score (nSPS) is 11.8. The third kappa shape index (κ3) is 3.12. The minimum Gasteiger partial charge on any atom is -0.342 e. The van der Waals surface area contributed by atoms with Crippen LogP contribution in [0, 0.1) is 0 Å². The van der Waals surface area contributed by atoms with Gasteiger partial charge in [0.15, 0.2) is 9.84 Å². The molecule has 5 heteroatoms. The smallest absolute Gasteiger partial charge is 0.176 e. The molecule has 0 unspecified atom stereocenters. The van der Waals surface area contributed by atoms with Gasteiger partial charge < -0.3 is 4.98 Å². The topological polar surface area (TPSA) is 62.8 Å². The van der Waals surface area contributed by atoms with Gasteiger partial charge in [-0.25, -0.2) is 13.4 Å². The summed E-state index contributed by atoms with van der Waals surface area (Å²) in [7, 11) is -3.42. The van der Waals surface area contributed by atoms with Crippen LogP contribution in [0.2, 0.25) is 0 Å². The maximum Gasteiger partial charge on any atom is 0.176 e. The number of nitrogens with one attached hydrogen (secondary N) is 1. The number of aromatic amines is 1. The van der Waals surface area contributed by atoms with E-state index in [0.29, 0.717) is 16.0 Å². The summed E-state index contributed by atoms with van der Waals surface area (Å²) >= 11 is 0. The first-order chi connectivity index (χ1) is 11.4. The maximum atomic E-state index is 12.5. The highest BCUT2D eigenvalue weighted by Gasteiger charge is 2.21. The largest absolute Gasteiger partial charge is 0.342 e. The van der Waals surface area contributed by atoms with Gasteiger partial charge in [-0.15, -0.1) is 0 Å². The van der Waals surface area contributed by atoms with Crippen molar-refractivity contribution in [2.24, 2.45) is 0 Å². The molecule has 3 aromatic rings. The molecule has 2 aromatic carbocycles. The van der Waals surface area contributed by atoms with E-state index in [-0.39, 0.29) is 5.92 Å². The molecule has 0 aliphatic carbocycles. The first kappa shape index (κ1) is 16.5. The van der Waals surface area contributed by atoms with Crippen LogP contribution in [0.1, 0.15) is 25.6 Å². The fourth-order valence-electron chi connectivity index (χ4n) is 2.76. The highest BCUT2D eigenvalue weighted by molar-refractivity contribution is 7.91. The second-order valence-electron chi connectivity index (χ2n) is 6.16. The number of imidazole rings is 1. The van der Waals surface area contributed by atoms with Crippen LogP contribution in [0.4, 0.5) is 0 Å². The lowest BCUT2D eigenvalue weighted by Gasteiger charge is -2.13.